The third-order valence-electron chi connectivity index (χ3n) is 3.09. The zero-order valence-electron chi connectivity index (χ0n) is 10.4. The van der Waals surface area contributed by atoms with Gasteiger partial charge in [0.2, 0.25) is 0 Å². The lowest BCUT2D eigenvalue weighted by Gasteiger charge is -2.24. The lowest BCUT2D eigenvalue weighted by atomic mass is 9.89. The van der Waals surface area contributed by atoms with E-state index in [9.17, 15) is 5.11 Å². The number of benzene rings is 1. The minimum Gasteiger partial charge on any atom is -0.381 e. The van der Waals surface area contributed by atoms with E-state index in [2.05, 4.69) is 4.98 Å². The van der Waals surface area contributed by atoms with Crippen LogP contribution < -0.4 is 0 Å². The molecule has 0 aliphatic rings. The van der Waals surface area contributed by atoms with Gasteiger partial charge in [0.25, 0.3) is 0 Å². The summed E-state index contributed by atoms with van der Waals surface area (Å²) in [5.74, 6) is 0. The van der Waals surface area contributed by atoms with E-state index in [1.165, 1.54) is 5.56 Å². The van der Waals surface area contributed by atoms with Crippen LogP contribution in [0.2, 0.25) is 0 Å². The lowest BCUT2D eigenvalue weighted by molar-refractivity contribution is 0.102. The highest BCUT2D eigenvalue weighted by atomic mass is 16.3. The van der Waals surface area contributed by atoms with Gasteiger partial charge in [0.05, 0.1) is 0 Å². The molecule has 0 aliphatic carbocycles. The standard InChI is InChI=1S/C15H17NO/c1-11-4-7-13(8-5-11)15(3,17)14-9-6-12(2)16-10-14/h4-10,17H,1-3H3. The fourth-order valence-corrected chi connectivity index (χ4v) is 1.80. The number of aliphatic hydroxyl groups is 1. The maximum atomic E-state index is 10.6. The van der Waals surface area contributed by atoms with Crippen LogP contribution in [0.5, 0.6) is 0 Å². The normalized spacial score (nSPS) is 14.4. The smallest absolute Gasteiger partial charge is 0.113 e. The predicted octanol–water partition coefficient (Wildman–Crippen LogP) is 2.95. The molecule has 1 atom stereocenters. The van der Waals surface area contributed by atoms with E-state index in [0.717, 1.165) is 16.8 Å². The van der Waals surface area contributed by atoms with Gasteiger partial charge in [-0.2, -0.15) is 0 Å². The van der Waals surface area contributed by atoms with Crippen molar-refractivity contribution < 1.29 is 5.11 Å². The first-order valence-electron chi connectivity index (χ1n) is 5.73. The van der Waals surface area contributed by atoms with Crippen LogP contribution in [-0.4, -0.2) is 10.1 Å². The van der Waals surface area contributed by atoms with E-state index < -0.39 is 5.60 Å². The number of aromatic nitrogens is 1. The van der Waals surface area contributed by atoms with Crippen molar-refractivity contribution in [3.8, 4) is 0 Å². The summed E-state index contributed by atoms with van der Waals surface area (Å²) < 4.78 is 0. The number of aryl methyl sites for hydroxylation is 2. The van der Waals surface area contributed by atoms with Gasteiger partial charge < -0.3 is 5.11 Å². The molecule has 0 amide bonds. The second kappa shape index (κ2) is 4.30. The van der Waals surface area contributed by atoms with Crippen molar-refractivity contribution in [1.82, 2.24) is 4.98 Å². The summed E-state index contributed by atoms with van der Waals surface area (Å²) in [7, 11) is 0. The molecule has 2 aromatic rings. The van der Waals surface area contributed by atoms with Crippen molar-refractivity contribution in [2.75, 3.05) is 0 Å². The van der Waals surface area contributed by atoms with Crippen molar-refractivity contribution in [1.29, 1.82) is 0 Å². The van der Waals surface area contributed by atoms with Crippen molar-refractivity contribution >= 4 is 0 Å². The van der Waals surface area contributed by atoms with Crippen LogP contribution in [0.25, 0.3) is 0 Å². The SMILES string of the molecule is Cc1ccc(C(C)(O)c2ccc(C)nc2)cc1. The second-order valence-electron chi connectivity index (χ2n) is 4.63. The maximum absolute atomic E-state index is 10.6. The average Bonchev–Trinajstić information content (AvgIpc) is 2.30. The third-order valence-corrected chi connectivity index (χ3v) is 3.09. The van der Waals surface area contributed by atoms with Crippen LogP contribution in [0, 0.1) is 13.8 Å². The first kappa shape index (κ1) is 11.8. The molecule has 0 saturated heterocycles. The molecule has 0 spiro atoms. The lowest BCUT2D eigenvalue weighted by Crippen LogP contribution is -2.22. The molecule has 2 rings (SSSR count). The van der Waals surface area contributed by atoms with Gasteiger partial charge in [-0.3, -0.25) is 4.98 Å². The molecule has 88 valence electrons. The van der Waals surface area contributed by atoms with E-state index in [4.69, 9.17) is 0 Å². The second-order valence-corrected chi connectivity index (χ2v) is 4.63. The highest BCUT2D eigenvalue weighted by Gasteiger charge is 2.25. The van der Waals surface area contributed by atoms with Gasteiger partial charge in [0.1, 0.15) is 5.60 Å². The van der Waals surface area contributed by atoms with Crippen LogP contribution in [-0.2, 0) is 5.60 Å². The first-order valence-corrected chi connectivity index (χ1v) is 5.73. The molecule has 1 heterocycles. The molecule has 0 fully saturated rings. The Hall–Kier alpha value is -1.67. The third kappa shape index (κ3) is 2.37. The van der Waals surface area contributed by atoms with Gasteiger partial charge in [0.15, 0.2) is 0 Å². The molecule has 2 heteroatoms. The van der Waals surface area contributed by atoms with Gasteiger partial charge in [-0.25, -0.2) is 0 Å². The minimum atomic E-state index is -0.992. The monoisotopic (exact) mass is 227 g/mol. The number of hydrogen-bond donors (Lipinski definition) is 1. The van der Waals surface area contributed by atoms with E-state index in [1.807, 2.05) is 50.2 Å². The molecule has 0 saturated carbocycles. The van der Waals surface area contributed by atoms with Crippen LogP contribution in [0.1, 0.15) is 29.3 Å². The maximum Gasteiger partial charge on any atom is 0.113 e. The summed E-state index contributed by atoms with van der Waals surface area (Å²) in [6.45, 7) is 5.76. The summed E-state index contributed by atoms with van der Waals surface area (Å²) >= 11 is 0. The Bertz CT molecular complexity index is 450. The molecule has 0 radical (unpaired) electrons. The fraction of sp³-hybridized carbons (Fsp3) is 0.267. The highest BCUT2D eigenvalue weighted by molar-refractivity contribution is 5.35. The predicted molar refractivity (Wildman–Crippen MR) is 68.8 cm³/mol. The van der Waals surface area contributed by atoms with Crippen molar-refractivity contribution in [2.45, 2.75) is 26.4 Å². The Morgan fingerprint density at radius 2 is 1.53 bits per heavy atom. The van der Waals surface area contributed by atoms with Gasteiger partial charge in [-0.05, 0) is 32.4 Å². The fourth-order valence-electron chi connectivity index (χ4n) is 1.80. The van der Waals surface area contributed by atoms with Gasteiger partial charge in [-0.1, -0.05) is 35.9 Å². The van der Waals surface area contributed by atoms with Crippen LogP contribution in [0.4, 0.5) is 0 Å². The van der Waals surface area contributed by atoms with Crippen LogP contribution in [0.3, 0.4) is 0 Å². The molecule has 1 aromatic heterocycles. The molecule has 17 heavy (non-hydrogen) atoms. The minimum absolute atomic E-state index is 0.812. The molecule has 1 N–H and O–H groups in total. The Morgan fingerprint density at radius 3 is 2.06 bits per heavy atom. The van der Waals surface area contributed by atoms with Gasteiger partial charge in [0, 0.05) is 17.5 Å². The van der Waals surface area contributed by atoms with E-state index in [0.29, 0.717) is 0 Å². The molecular formula is C15H17NO. The average molecular weight is 227 g/mol. The highest BCUT2D eigenvalue weighted by Crippen LogP contribution is 2.28. The molecular weight excluding hydrogens is 210 g/mol. The molecule has 0 aliphatic heterocycles. The quantitative estimate of drug-likeness (QED) is 0.855. The summed E-state index contributed by atoms with van der Waals surface area (Å²) in [6, 6.07) is 11.8. The summed E-state index contributed by atoms with van der Waals surface area (Å²) in [5, 5.41) is 10.6. The van der Waals surface area contributed by atoms with Gasteiger partial charge in [-0.15, -0.1) is 0 Å². The number of pyridine rings is 1. The summed E-state index contributed by atoms with van der Waals surface area (Å²) in [5.41, 5.74) is 2.84. The zero-order chi connectivity index (χ0) is 12.5. The number of rotatable bonds is 2. The molecule has 1 unspecified atom stereocenters. The zero-order valence-corrected chi connectivity index (χ0v) is 10.4. The van der Waals surface area contributed by atoms with E-state index >= 15 is 0 Å². The van der Waals surface area contributed by atoms with E-state index in [1.54, 1.807) is 13.1 Å². The Morgan fingerprint density at radius 1 is 0.941 bits per heavy atom. The van der Waals surface area contributed by atoms with Crippen molar-refractivity contribution in [3.05, 3.63) is 65.0 Å². The number of nitrogens with zero attached hydrogens (tertiary/aromatic N) is 1. The largest absolute Gasteiger partial charge is 0.381 e. The van der Waals surface area contributed by atoms with Crippen LogP contribution in [0.15, 0.2) is 42.6 Å². The topological polar surface area (TPSA) is 33.1 Å². The van der Waals surface area contributed by atoms with E-state index in [-0.39, 0.29) is 0 Å². The molecule has 2 nitrogen and oxygen atoms in total. The Labute approximate surface area is 102 Å². The first-order chi connectivity index (χ1) is 8.00. The Balaban J connectivity index is 2.41. The Kier molecular flexibility index (Phi) is 2.99. The number of hydrogen-bond acceptors (Lipinski definition) is 2. The van der Waals surface area contributed by atoms with Crippen molar-refractivity contribution in [2.24, 2.45) is 0 Å². The molecule has 1 aromatic carbocycles. The summed E-state index contributed by atoms with van der Waals surface area (Å²) in [4.78, 5) is 4.23. The molecule has 0 bridgehead atoms. The van der Waals surface area contributed by atoms with Crippen molar-refractivity contribution in [3.63, 3.8) is 0 Å². The van der Waals surface area contributed by atoms with Gasteiger partial charge >= 0.3 is 0 Å². The van der Waals surface area contributed by atoms with Crippen LogP contribution >= 0.6 is 0 Å². The summed E-state index contributed by atoms with van der Waals surface area (Å²) in [6.07, 6.45) is 1.73.